The summed E-state index contributed by atoms with van der Waals surface area (Å²) in [4.78, 5) is 0. The number of furan rings is 1. The summed E-state index contributed by atoms with van der Waals surface area (Å²) in [6.45, 7) is 1.71. The lowest BCUT2D eigenvalue weighted by molar-refractivity contribution is 0.425. The van der Waals surface area contributed by atoms with Crippen molar-refractivity contribution in [3.8, 4) is 5.69 Å². The standard InChI is InChI=1S/C8H9BN2O3/c1-6-8(9(12)13)4-11(10-6)7-2-3-14-5-7/h2-5,12-13H,1H3. The van der Waals surface area contributed by atoms with Crippen LogP contribution < -0.4 is 5.46 Å². The van der Waals surface area contributed by atoms with Gasteiger partial charge in [-0.15, -0.1) is 0 Å². The minimum Gasteiger partial charge on any atom is -0.470 e. The molecule has 14 heavy (non-hydrogen) atoms. The molecule has 2 aromatic rings. The fourth-order valence-corrected chi connectivity index (χ4v) is 1.25. The molecule has 2 rings (SSSR count). The third-order valence-corrected chi connectivity index (χ3v) is 1.99. The highest BCUT2D eigenvalue weighted by Gasteiger charge is 2.18. The monoisotopic (exact) mass is 192 g/mol. The van der Waals surface area contributed by atoms with Gasteiger partial charge in [0.15, 0.2) is 0 Å². The molecule has 5 nitrogen and oxygen atoms in total. The van der Waals surface area contributed by atoms with Crippen LogP contribution in [0.1, 0.15) is 5.69 Å². The Morgan fingerprint density at radius 1 is 1.50 bits per heavy atom. The molecule has 0 saturated carbocycles. The van der Waals surface area contributed by atoms with E-state index in [1.54, 1.807) is 19.2 Å². The van der Waals surface area contributed by atoms with Crippen LogP contribution in [-0.4, -0.2) is 26.9 Å². The molecule has 0 atom stereocenters. The van der Waals surface area contributed by atoms with Crippen molar-refractivity contribution in [2.45, 2.75) is 6.92 Å². The second-order valence-electron chi connectivity index (χ2n) is 2.97. The Bertz CT molecular complexity index is 422. The molecule has 0 bridgehead atoms. The van der Waals surface area contributed by atoms with Gasteiger partial charge < -0.3 is 14.5 Å². The van der Waals surface area contributed by atoms with Crippen molar-refractivity contribution in [1.82, 2.24) is 9.78 Å². The first-order chi connectivity index (χ1) is 6.68. The van der Waals surface area contributed by atoms with Crippen molar-refractivity contribution in [3.63, 3.8) is 0 Å². The van der Waals surface area contributed by atoms with Gasteiger partial charge >= 0.3 is 7.12 Å². The molecular formula is C8H9BN2O3. The maximum absolute atomic E-state index is 8.99. The average molecular weight is 192 g/mol. The fourth-order valence-electron chi connectivity index (χ4n) is 1.25. The van der Waals surface area contributed by atoms with Gasteiger partial charge in [-0.05, 0) is 6.92 Å². The van der Waals surface area contributed by atoms with Crippen molar-refractivity contribution in [1.29, 1.82) is 0 Å². The summed E-state index contributed by atoms with van der Waals surface area (Å²) < 4.78 is 6.43. The van der Waals surface area contributed by atoms with Crippen LogP contribution in [0.4, 0.5) is 0 Å². The van der Waals surface area contributed by atoms with Gasteiger partial charge in [-0.3, -0.25) is 0 Å². The second kappa shape index (κ2) is 3.32. The lowest BCUT2D eigenvalue weighted by Gasteiger charge is -1.93. The molecule has 0 saturated heterocycles. The van der Waals surface area contributed by atoms with Gasteiger partial charge in [-0.1, -0.05) is 0 Å². The van der Waals surface area contributed by atoms with Gasteiger partial charge in [0.1, 0.15) is 12.0 Å². The van der Waals surface area contributed by atoms with E-state index in [9.17, 15) is 0 Å². The van der Waals surface area contributed by atoms with Crippen LogP contribution in [0.25, 0.3) is 5.69 Å². The van der Waals surface area contributed by atoms with Gasteiger partial charge in [-0.2, -0.15) is 5.10 Å². The summed E-state index contributed by atoms with van der Waals surface area (Å²) in [6.07, 6.45) is 4.62. The van der Waals surface area contributed by atoms with Crippen LogP contribution in [0.5, 0.6) is 0 Å². The SMILES string of the molecule is Cc1nn(-c2ccoc2)cc1B(O)O. The summed E-state index contributed by atoms with van der Waals surface area (Å²) in [6, 6.07) is 1.74. The molecule has 0 fully saturated rings. The van der Waals surface area contributed by atoms with Gasteiger partial charge in [0.25, 0.3) is 0 Å². The maximum atomic E-state index is 8.99. The minimum absolute atomic E-state index is 0.395. The first-order valence-corrected chi connectivity index (χ1v) is 4.13. The molecule has 0 aliphatic carbocycles. The molecule has 2 aromatic heterocycles. The van der Waals surface area contributed by atoms with Gasteiger partial charge in [0.2, 0.25) is 0 Å². The number of nitrogens with zero attached hydrogens (tertiary/aromatic N) is 2. The second-order valence-corrected chi connectivity index (χ2v) is 2.97. The van der Waals surface area contributed by atoms with E-state index in [1.165, 1.54) is 17.2 Å². The number of rotatable bonds is 2. The van der Waals surface area contributed by atoms with Crippen LogP contribution >= 0.6 is 0 Å². The van der Waals surface area contributed by atoms with E-state index in [0.717, 1.165) is 5.69 Å². The van der Waals surface area contributed by atoms with Crippen LogP contribution in [-0.2, 0) is 0 Å². The Labute approximate surface area is 80.7 Å². The summed E-state index contributed by atoms with van der Waals surface area (Å²) in [5, 5.41) is 22.1. The van der Waals surface area contributed by atoms with Crippen molar-refractivity contribution >= 4 is 12.6 Å². The molecule has 0 spiro atoms. The van der Waals surface area contributed by atoms with E-state index < -0.39 is 7.12 Å². The van der Waals surface area contributed by atoms with Crippen molar-refractivity contribution in [3.05, 3.63) is 30.5 Å². The molecule has 0 aliphatic heterocycles. The van der Waals surface area contributed by atoms with Gasteiger partial charge in [-0.25, -0.2) is 4.68 Å². The van der Waals surface area contributed by atoms with Crippen molar-refractivity contribution in [2.75, 3.05) is 0 Å². The van der Waals surface area contributed by atoms with E-state index in [-0.39, 0.29) is 0 Å². The van der Waals surface area contributed by atoms with Gasteiger partial charge in [0.05, 0.1) is 12.0 Å². The maximum Gasteiger partial charge on any atom is 0.491 e. The molecule has 0 unspecified atom stereocenters. The normalized spacial score (nSPS) is 10.5. The Morgan fingerprint density at radius 3 is 2.79 bits per heavy atom. The van der Waals surface area contributed by atoms with Crippen LogP contribution in [0, 0.1) is 6.92 Å². The first-order valence-electron chi connectivity index (χ1n) is 4.13. The van der Waals surface area contributed by atoms with E-state index >= 15 is 0 Å². The molecule has 0 aromatic carbocycles. The zero-order valence-corrected chi connectivity index (χ0v) is 7.58. The highest BCUT2D eigenvalue weighted by Crippen LogP contribution is 2.06. The molecule has 6 heteroatoms. The lowest BCUT2D eigenvalue weighted by Crippen LogP contribution is -2.30. The third-order valence-electron chi connectivity index (χ3n) is 1.99. The summed E-state index contributed by atoms with van der Waals surface area (Å²) >= 11 is 0. The highest BCUT2D eigenvalue weighted by atomic mass is 16.4. The van der Waals surface area contributed by atoms with E-state index in [2.05, 4.69) is 5.10 Å². The third kappa shape index (κ3) is 1.45. The Balaban J connectivity index is 2.43. The molecule has 0 amide bonds. The quantitative estimate of drug-likeness (QED) is 0.626. The zero-order valence-electron chi connectivity index (χ0n) is 7.58. The smallest absolute Gasteiger partial charge is 0.470 e. The Kier molecular flexibility index (Phi) is 2.15. The average Bonchev–Trinajstić information content (AvgIpc) is 2.70. The van der Waals surface area contributed by atoms with E-state index in [4.69, 9.17) is 14.5 Å². The molecule has 2 heterocycles. The Morgan fingerprint density at radius 2 is 2.29 bits per heavy atom. The summed E-state index contributed by atoms with van der Waals surface area (Å²) in [7, 11) is -1.49. The van der Waals surface area contributed by atoms with Crippen LogP contribution in [0.15, 0.2) is 29.2 Å². The number of aromatic nitrogens is 2. The van der Waals surface area contributed by atoms with Crippen molar-refractivity contribution in [2.24, 2.45) is 0 Å². The minimum atomic E-state index is -1.49. The molecule has 0 radical (unpaired) electrons. The summed E-state index contributed by atoms with van der Waals surface area (Å²) in [5.41, 5.74) is 1.73. The van der Waals surface area contributed by atoms with Gasteiger partial charge in [0, 0.05) is 17.7 Å². The fraction of sp³-hybridized carbons (Fsp3) is 0.125. The van der Waals surface area contributed by atoms with Crippen LogP contribution in [0.3, 0.4) is 0 Å². The number of hydrogen-bond donors (Lipinski definition) is 2. The van der Waals surface area contributed by atoms with Crippen LogP contribution in [0.2, 0.25) is 0 Å². The molecule has 2 N–H and O–H groups in total. The largest absolute Gasteiger partial charge is 0.491 e. The van der Waals surface area contributed by atoms with E-state index in [0.29, 0.717) is 11.2 Å². The first kappa shape index (κ1) is 9.05. The molecule has 72 valence electrons. The lowest BCUT2D eigenvalue weighted by atomic mass is 9.81. The van der Waals surface area contributed by atoms with E-state index in [1.807, 2.05) is 0 Å². The highest BCUT2D eigenvalue weighted by molar-refractivity contribution is 6.59. The van der Waals surface area contributed by atoms with Crippen molar-refractivity contribution < 1.29 is 14.5 Å². The Hall–Kier alpha value is -1.53. The summed E-state index contributed by atoms with van der Waals surface area (Å²) in [5.74, 6) is 0. The molecular weight excluding hydrogens is 183 g/mol. The zero-order chi connectivity index (χ0) is 10.1. The predicted octanol–water partition coefficient (Wildman–Crippen LogP) is -0.546. The number of hydrogen-bond acceptors (Lipinski definition) is 4. The number of aryl methyl sites for hydroxylation is 1. The predicted molar refractivity (Wildman–Crippen MR) is 50.4 cm³/mol. The topological polar surface area (TPSA) is 71.4 Å². The molecule has 0 aliphatic rings.